The second-order valence-electron chi connectivity index (χ2n) is 6.41. The van der Waals surface area contributed by atoms with Crippen LogP contribution in [0.4, 0.5) is 5.82 Å². The van der Waals surface area contributed by atoms with E-state index in [-0.39, 0.29) is 0 Å². The summed E-state index contributed by atoms with van der Waals surface area (Å²) in [6.45, 7) is 5.61. The molecule has 2 fully saturated rings. The van der Waals surface area contributed by atoms with Crippen molar-refractivity contribution in [1.82, 2.24) is 9.88 Å². The Morgan fingerprint density at radius 2 is 1.91 bits per heavy atom. The summed E-state index contributed by atoms with van der Waals surface area (Å²) in [5, 5.41) is 12.2. The molecule has 0 atom stereocenters. The highest BCUT2D eigenvalue weighted by atomic mass is 16.4. The van der Waals surface area contributed by atoms with Crippen molar-refractivity contribution in [3.8, 4) is 0 Å². The number of nitrogens with zero attached hydrogens (tertiary/aromatic N) is 4. The largest absolute Gasteiger partial charge is 0.411 e. The van der Waals surface area contributed by atoms with Crippen molar-refractivity contribution >= 4 is 11.5 Å². The first-order valence-corrected chi connectivity index (χ1v) is 8.43. The van der Waals surface area contributed by atoms with Gasteiger partial charge in [-0.1, -0.05) is 11.2 Å². The van der Waals surface area contributed by atoms with E-state index in [2.05, 4.69) is 32.1 Å². The minimum absolute atomic E-state index is 0.805. The Kier molecular flexibility index (Phi) is 5.27. The zero-order valence-electron chi connectivity index (χ0n) is 13.2. The number of aromatic nitrogens is 1. The first-order valence-electron chi connectivity index (χ1n) is 8.43. The van der Waals surface area contributed by atoms with Gasteiger partial charge in [0.2, 0.25) is 0 Å². The Morgan fingerprint density at radius 3 is 2.55 bits per heavy atom. The fourth-order valence-electron chi connectivity index (χ4n) is 3.51. The van der Waals surface area contributed by atoms with Gasteiger partial charge in [0.15, 0.2) is 0 Å². The number of rotatable bonds is 4. The number of oxime groups is 1. The lowest BCUT2D eigenvalue weighted by Crippen LogP contribution is -2.47. The Bertz CT molecular complexity index is 473. The zero-order valence-corrected chi connectivity index (χ0v) is 13.2. The Morgan fingerprint density at radius 1 is 1.14 bits per heavy atom. The third-order valence-corrected chi connectivity index (χ3v) is 5.02. The fourth-order valence-corrected chi connectivity index (χ4v) is 3.51. The average Bonchev–Trinajstić information content (AvgIpc) is 2.61. The van der Waals surface area contributed by atoms with E-state index in [1.54, 1.807) is 0 Å². The van der Waals surface area contributed by atoms with Crippen molar-refractivity contribution in [3.63, 3.8) is 0 Å². The Labute approximate surface area is 132 Å². The molecule has 1 saturated carbocycles. The van der Waals surface area contributed by atoms with Gasteiger partial charge in [0.25, 0.3) is 0 Å². The van der Waals surface area contributed by atoms with Crippen molar-refractivity contribution in [2.75, 3.05) is 37.6 Å². The first kappa shape index (κ1) is 15.3. The topological polar surface area (TPSA) is 52.0 Å². The summed E-state index contributed by atoms with van der Waals surface area (Å²) < 4.78 is 0. The van der Waals surface area contributed by atoms with Crippen LogP contribution in [-0.4, -0.2) is 53.5 Å². The van der Waals surface area contributed by atoms with Crippen LogP contribution in [0.2, 0.25) is 0 Å². The molecule has 0 bridgehead atoms. The van der Waals surface area contributed by atoms with E-state index in [1.807, 2.05) is 12.3 Å². The van der Waals surface area contributed by atoms with Gasteiger partial charge in [-0.05, 0) is 56.7 Å². The summed E-state index contributed by atoms with van der Waals surface area (Å²) in [7, 11) is 0. The van der Waals surface area contributed by atoms with Gasteiger partial charge in [-0.15, -0.1) is 0 Å². The van der Waals surface area contributed by atoms with E-state index < -0.39 is 0 Å². The highest BCUT2D eigenvalue weighted by Crippen LogP contribution is 2.25. The van der Waals surface area contributed by atoms with Gasteiger partial charge >= 0.3 is 0 Å². The summed E-state index contributed by atoms with van der Waals surface area (Å²) >= 11 is 0. The predicted octanol–water partition coefficient (Wildman–Crippen LogP) is 2.61. The van der Waals surface area contributed by atoms with Crippen LogP contribution >= 0.6 is 0 Å². The molecule has 5 heteroatoms. The maximum absolute atomic E-state index is 8.80. The molecule has 22 heavy (non-hydrogen) atoms. The first-order chi connectivity index (χ1) is 10.8. The summed E-state index contributed by atoms with van der Waals surface area (Å²) in [6.07, 6.45) is 7.49. The van der Waals surface area contributed by atoms with Gasteiger partial charge in [-0.2, -0.15) is 0 Å². The molecule has 0 aromatic carbocycles. The maximum atomic E-state index is 8.80. The van der Waals surface area contributed by atoms with E-state index >= 15 is 0 Å². The number of hydrogen-bond acceptors (Lipinski definition) is 5. The molecule has 0 unspecified atom stereocenters. The van der Waals surface area contributed by atoms with Gasteiger partial charge in [0, 0.05) is 32.4 Å². The van der Waals surface area contributed by atoms with Crippen LogP contribution in [0, 0.1) is 5.92 Å². The maximum Gasteiger partial charge on any atom is 0.128 e. The lowest BCUT2D eigenvalue weighted by Gasteiger charge is -2.36. The molecule has 5 nitrogen and oxygen atoms in total. The summed E-state index contributed by atoms with van der Waals surface area (Å²) in [5.74, 6) is 1.91. The molecule has 2 aliphatic rings. The molecule has 0 spiro atoms. The van der Waals surface area contributed by atoms with Crippen LogP contribution in [0.15, 0.2) is 29.6 Å². The van der Waals surface area contributed by atoms with Crippen LogP contribution in [0.25, 0.3) is 0 Å². The molecule has 1 N–H and O–H groups in total. The van der Waals surface area contributed by atoms with Crippen LogP contribution in [0.1, 0.15) is 32.1 Å². The summed E-state index contributed by atoms with van der Waals surface area (Å²) in [5.41, 5.74) is 0.986. The SMILES string of the molecule is ON=C1CCC(CCN2CCN(c3ccccn3)CC2)CC1. The second kappa shape index (κ2) is 7.58. The van der Waals surface area contributed by atoms with Crippen LogP contribution < -0.4 is 4.90 Å². The summed E-state index contributed by atoms with van der Waals surface area (Å²) in [6, 6.07) is 6.12. The van der Waals surface area contributed by atoms with Gasteiger partial charge in [0.05, 0.1) is 5.71 Å². The van der Waals surface area contributed by atoms with Crippen LogP contribution in [0.3, 0.4) is 0 Å². The quantitative estimate of drug-likeness (QED) is 0.686. The van der Waals surface area contributed by atoms with E-state index in [1.165, 1.54) is 25.8 Å². The summed E-state index contributed by atoms with van der Waals surface area (Å²) in [4.78, 5) is 9.39. The van der Waals surface area contributed by atoms with Gasteiger partial charge in [-0.25, -0.2) is 4.98 Å². The predicted molar refractivity (Wildman–Crippen MR) is 88.7 cm³/mol. The van der Waals surface area contributed by atoms with E-state index in [0.29, 0.717) is 0 Å². The van der Waals surface area contributed by atoms with Crippen LogP contribution in [0.5, 0.6) is 0 Å². The zero-order chi connectivity index (χ0) is 15.2. The molecular weight excluding hydrogens is 276 g/mol. The van der Waals surface area contributed by atoms with E-state index in [4.69, 9.17) is 5.21 Å². The van der Waals surface area contributed by atoms with Crippen molar-refractivity contribution in [1.29, 1.82) is 0 Å². The minimum atomic E-state index is 0.805. The van der Waals surface area contributed by atoms with Gasteiger partial charge in [0.1, 0.15) is 5.82 Å². The number of piperazine rings is 1. The van der Waals surface area contributed by atoms with Gasteiger partial charge < -0.3 is 10.1 Å². The fraction of sp³-hybridized carbons (Fsp3) is 0.647. The van der Waals surface area contributed by atoms with Gasteiger partial charge in [-0.3, -0.25) is 4.90 Å². The van der Waals surface area contributed by atoms with Crippen LogP contribution in [-0.2, 0) is 0 Å². The number of pyridine rings is 1. The normalized spacial score (nSPS) is 23.5. The molecule has 0 amide bonds. The molecule has 1 aromatic heterocycles. The average molecular weight is 302 g/mol. The lowest BCUT2D eigenvalue weighted by molar-refractivity contribution is 0.229. The molecule has 1 aromatic rings. The third kappa shape index (κ3) is 3.97. The molecule has 2 heterocycles. The molecule has 1 aliphatic carbocycles. The Balaban J connectivity index is 1.38. The molecule has 0 radical (unpaired) electrons. The molecule has 1 saturated heterocycles. The third-order valence-electron chi connectivity index (χ3n) is 5.02. The molecule has 120 valence electrons. The molecule has 3 rings (SSSR count). The minimum Gasteiger partial charge on any atom is -0.411 e. The smallest absolute Gasteiger partial charge is 0.128 e. The lowest BCUT2D eigenvalue weighted by atomic mass is 9.86. The molecular formula is C17H26N4O. The van der Waals surface area contributed by atoms with Crippen molar-refractivity contribution in [3.05, 3.63) is 24.4 Å². The van der Waals surface area contributed by atoms with E-state index in [0.717, 1.165) is 56.5 Å². The highest BCUT2D eigenvalue weighted by Gasteiger charge is 2.21. The van der Waals surface area contributed by atoms with Crippen molar-refractivity contribution < 1.29 is 5.21 Å². The molecule has 1 aliphatic heterocycles. The van der Waals surface area contributed by atoms with Crippen molar-refractivity contribution in [2.45, 2.75) is 32.1 Å². The van der Waals surface area contributed by atoms with Crippen molar-refractivity contribution in [2.24, 2.45) is 11.1 Å². The standard InChI is InChI=1S/C17H26N4O/c22-19-16-6-4-15(5-7-16)8-10-20-11-13-21(14-12-20)17-3-1-2-9-18-17/h1-3,9,15,22H,4-8,10-14H2. The monoisotopic (exact) mass is 302 g/mol. The highest BCUT2D eigenvalue weighted by molar-refractivity contribution is 5.84. The number of hydrogen-bond donors (Lipinski definition) is 1. The second-order valence-corrected chi connectivity index (χ2v) is 6.41. The Hall–Kier alpha value is -1.62. The number of anilines is 1. The van der Waals surface area contributed by atoms with E-state index in [9.17, 15) is 0 Å².